The van der Waals surface area contributed by atoms with Gasteiger partial charge in [0.2, 0.25) is 5.82 Å². The normalized spacial score (nSPS) is 23.9. The lowest BCUT2D eigenvalue weighted by Gasteiger charge is -2.39. The van der Waals surface area contributed by atoms with Crippen molar-refractivity contribution in [3.05, 3.63) is 27.9 Å². The quantitative estimate of drug-likeness (QED) is 0.443. The highest BCUT2D eigenvalue weighted by Crippen LogP contribution is 2.31. The Morgan fingerprint density at radius 3 is 2.85 bits per heavy atom. The molecule has 2 aliphatic rings. The lowest BCUT2D eigenvalue weighted by atomic mass is 9.94. The average molecular weight is 376 g/mol. The van der Waals surface area contributed by atoms with Crippen molar-refractivity contribution in [1.29, 1.82) is 0 Å². The molecule has 8 nitrogen and oxygen atoms in total. The minimum absolute atomic E-state index is 0.101. The summed E-state index contributed by atoms with van der Waals surface area (Å²) in [5.41, 5.74) is -0.0338. The van der Waals surface area contributed by atoms with Gasteiger partial charge in [-0.3, -0.25) is 10.1 Å². The van der Waals surface area contributed by atoms with Crippen LogP contribution in [-0.4, -0.2) is 60.1 Å². The maximum atomic E-state index is 11.7. The second-order valence-corrected chi connectivity index (χ2v) is 7.61. The summed E-state index contributed by atoms with van der Waals surface area (Å²) in [5.74, 6) is 0.206. The molecule has 148 valence electrons. The van der Waals surface area contributed by atoms with E-state index >= 15 is 0 Å². The predicted octanol–water partition coefficient (Wildman–Crippen LogP) is 2.87. The molecule has 1 aromatic rings. The Kier molecular flexibility index (Phi) is 6.26. The largest absolute Gasteiger partial charge is 0.465 e. The van der Waals surface area contributed by atoms with Crippen LogP contribution in [0.3, 0.4) is 0 Å². The molecule has 0 bridgehead atoms. The number of hydrogen-bond acceptors (Lipinski definition) is 7. The van der Waals surface area contributed by atoms with E-state index in [1.807, 2.05) is 4.90 Å². The van der Waals surface area contributed by atoms with Crippen LogP contribution in [0.25, 0.3) is 0 Å². The van der Waals surface area contributed by atoms with E-state index in [2.05, 4.69) is 21.5 Å². The molecule has 0 radical (unpaired) electrons. The number of nitro groups is 1. The van der Waals surface area contributed by atoms with Crippen LogP contribution in [0.4, 0.5) is 11.5 Å². The first-order valence-electron chi connectivity index (χ1n) is 9.71. The average Bonchev–Trinajstić information content (AvgIpc) is 2.69. The Bertz CT molecular complexity index is 696. The van der Waals surface area contributed by atoms with E-state index in [4.69, 9.17) is 0 Å². The predicted molar refractivity (Wildman–Crippen MR) is 102 cm³/mol. The summed E-state index contributed by atoms with van der Waals surface area (Å²) in [6, 6.07) is 1.88. The summed E-state index contributed by atoms with van der Waals surface area (Å²) in [7, 11) is 1.25. The van der Waals surface area contributed by atoms with E-state index in [-0.39, 0.29) is 11.3 Å². The number of nitrogens with zero attached hydrogens (tertiary/aromatic N) is 4. The molecule has 3 heterocycles. The molecule has 2 fully saturated rings. The number of carbonyl (C=O) groups excluding carboxylic acids is 1. The maximum Gasteiger partial charge on any atom is 0.339 e. The minimum Gasteiger partial charge on any atom is -0.465 e. The van der Waals surface area contributed by atoms with Gasteiger partial charge in [0.05, 0.1) is 17.6 Å². The van der Waals surface area contributed by atoms with Crippen LogP contribution in [0.15, 0.2) is 12.3 Å². The van der Waals surface area contributed by atoms with Crippen molar-refractivity contribution in [3.8, 4) is 0 Å². The van der Waals surface area contributed by atoms with Gasteiger partial charge in [-0.05, 0) is 45.1 Å². The number of ether oxygens (including phenoxy) is 1. The molecule has 3 rings (SSSR count). The van der Waals surface area contributed by atoms with Crippen LogP contribution in [-0.2, 0) is 4.74 Å². The van der Waals surface area contributed by atoms with Crippen LogP contribution < -0.4 is 4.90 Å². The lowest BCUT2D eigenvalue weighted by molar-refractivity contribution is -0.384. The number of pyridine rings is 1. The minimum atomic E-state index is -0.618. The molecule has 2 atom stereocenters. The molecule has 0 spiro atoms. The van der Waals surface area contributed by atoms with Gasteiger partial charge in [0.25, 0.3) is 0 Å². The van der Waals surface area contributed by atoms with E-state index < -0.39 is 10.9 Å². The van der Waals surface area contributed by atoms with Gasteiger partial charge in [0.1, 0.15) is 0 Å². The number of hydrogen-bond donors (Lipinski definition) is 0. The molecule has 0 aliphatic carbocycles. The molecular weight excluding hydrogens is 348 g/mol. The third kappa shape index (κ3) is 4.55. The van der Waals surface area contributed by atoms with E-state index in [0.717, 1.165) is 39.0 Å². The molecular formula is C19H28N4O4. The molecule has 0 N–H and O–H groups in total. The highest BCUT2D eigenvalue weighted by molar-refractivity contribution is 5.90. The molecule has 0 aromatic carbocycles. The SMILES string of the molecule is COC(=O)c1cnc(N2CCCC(CN3CCCCC3C)C2)c([N+](=O)[O-])c1. The first-order chi connectivity index (χ1) is 13.0. The van der Waals surface area contributed by atoms with Crippen molar-refractivity contribution in [2.75, 3.05) is 38.2 Å². The summed E-state index contributed by atoms with van der Waals surface area (Å²) in [6.07, 6.45) is 7.29. The molecule has 2 unspecified atom stereocenters. The number of piperidine rings is 2. The summed E-state index contributed by atoms with van der Waals surface area (Å²) < 4.78 is 4.65. The monoisotopic (exact) mass is 376 g/mol. The Hall–Kier alpha value is -2.22. The van der Waals surface area contributed by atoms with Gasteiger partial charge in [-0.1, -0.05) is 6.42 Å². The zero-order valence-corrected chi connectivity index (χ0v) is 16.1. The Morgan fingerprint density at radius 2 is 2.15 bits per heavy atom. The Balaban J connectivity index is 1.75. The van der Waals surface area contributed by atoms with E-state index in [0.29, 0.717) is 17.8 Å². The topological polar surface area (TPSA) is 88.8 Å². The van der Waals surface area contributed by atoms with Crippen molar-refractivity contribution in [2.45, 2.75) is 45.1 Å². The van der Waals surface area contributed by atoms with E-state index in [9.17, 15) is 14.9 Å². The number of anilines is 1. The highest BCUT2D eigenvalue weighted by atomic mass is 16.6. The summed E-state index contributed by atoms with van der Waals surface area (Å²) >= 11 is 0. The number of aromatic nitrogens is 1. The van der Waals surface area contributed by atoms with Gasteiger partial charge < -0.3 is 14.5 Å². The Labute approximate surface area is 159 Å². The summed E-state index contributed by atoms with van der Waals surface area (Å²) in [4.78, 5) is 31.6. The van der Waals surface area contributed by atoms with Gasteiger partial charge in [-0.25, -0.2) is 9.78 Å². The van der Waals surface area contributed by atoms with E-state index in [1.54, 1.807) is 0 Å². The van der Waals surface area contributed by atoms with Gasteiger partial charge in [0, 0.05) is 37.9 Å². The first kappa shape index (κ1) is 19.5. The third-order valence-corrected chi connectivity index (χ3v) is 5.72. The van der Waals surface area contributed by atoms with Crippen LogP contribution in [0.1, 0.15) is 49.4 Å². The molecule has 8 heteroatoms. The van der Waals surface area contributed by atoms with Crippen molar-refractivity contribution >= 4 is 17.5 Å². The van der Waals surface area contributed by atoms with Crippen molar-refractivity contribution in [2.24, 2.45) is 5.92 Å². The first-order valence-corrected chi connectivity index (χ1v) is 9.71. The smallest absolute Gasteiger partial charge is 0.339 e. The van der Waals surface area contributed by atoms with Gasteiger partial charge in [-0.2, -0.15) is 0 Å². The standard InChI is InChI=1S/C19H28N4O4/c1-14-6-3-4-8-21(14)12-15-7-5-9-22(13-15)18-17(23(25)26)10-16(11-20-18)19(24)27-2/h10-11,14-15H,3-9,12-13H2,1-2H3. The van der Waals surface area contributed by atoms with Crippen LogP contribution in [0.2, 0.25) is 0 Å². The van der Waals surface area contributed by atoms with Crippen LogP contribution in [0.5, 0.6) is 0 Å². The molecule has 0 saturated carbocycles. The van der Waals surface area contributed by atoms with Crippen LogP contribution >= 0.6 is 0 Å². The zero-order valence-electron chi connectivity index (χ0n) is 16.1. The number of likely N-dealkylation sites (tertiary alicyclic amines) is 1. The van der Waals surface area contributed by atoms with Gasteiger partial charge in [0.15, 0.2) is 0 Å². The lowest BCUT2D eigenvalue weighted by Crippen LogP contribution is -2.45. The molecule has 27 heavy (non-hydrogen) atoms. The fraction of sp³-hybridized carbons (Fsp3) is 0.684. The number of esters is 1. The third-order valence-electron chi connectivity index (χ3n) is 5.72. The fourth-order valence-electron chi connectivity index (χ4n) is 4.22. The second kappa shape index (κ2) is 8.65. The molecule has 2 saturated heterocycles. The van der Waals surface area contributed by atoms with Gasteiger partial charge in [-0.15, -0.1) is 0 Å². The number of rotatable bonds is 5. The zero-order chi connectivity index (χ0) is 19.4. The molecule has 1 aromatic heterocycles. The van der Waals surface area contributed by atoms with Crippen molar-refractivity contribution in [3.63, 3.8) is 0 Å². The summed E-state index contributed by atoms with van der Waals surface area (Å²) in [6.45, 7) is 5.97. The fourth-order valence-corrected chi connectivity index (χ4v) is 4.22. The highest BCUT2D eigenvalue weighted by Gasteiger charge is 2.30. The second-order valence-electron chi connectivity index (χ2n) is 7.61. The van der Waals surface area contributed by atoms with Crippen molar-refractivity contribution in [1.82, 2.24) is 9.88 Å². The molecule has 2 aliphatic heterocycles. The summed E-state index contributed by atoms with van der Waals surface area (Å²) in [5, 5.41) is 11.5. The van der Waals surface area contributed by atoms with E-state index in [1.165, 1.54) is 38.6 Å². The maximum absolute atomic E-state index is 11.7. The van der Waals surface area contributed by atoms with Gasteiger partial charge >= 0.3 is 11.7 Å². The number of carbonyl (C=O) groups is 1. The van der Waals surface area contributed by atoms with Crippen molar-refractivity contribution < 1.29 is 14.5 Å². The van der Waals surface area contributed by atoms with Crippen LogP contribution in [0, 0.1) is 16.0 Å². The number of methoxy groups -OCH3 is 1. The molecule has 0 amide bonds. The Morgan fingerprint density at radius 1 is 1.33 bits per heavy atom.